The Bertz CT molecular complexity index is 721. The molecule has 0 saturated carbocycles. The second-order valence-corrected chi connectivity index (χ2v) is 6.71. The summed E-state index contributed by atoms with van der Waals surface area (Å²) in [4.78, 5) is 2.29. The van der Waals surface area contributed by atoms with Crippen LogP contribution in [0.4, 0.5) is 0 Å². The average Bonchev–Trinajstić information content (AvgIpc) is 2.73. The van der Waals surface area contributed by atoms with Gasteiger partial charge in [-0.3, -0.25) is 4.90 Å². The highest BCUT2D eigenvalue weighted by molar-refractivity contribution is 5.17. The first kappa shape index (κ1) is 19.3. The van der Waals surface area contributed by atoms with E-state index in [4.69, 9.17) is 4.74 Å². The lowest BCUT2D eigenvalue weighted by atomic mass is 10.1. The van der Waals surface area contributed by atoms with Crippen molar-refractivity contribution in [2.75, 3.05) is 13.2 Å². The Morgan fingerprint density at radius 1 is 0.667 bits per heavy atom. The highest BCUT2D eigenvalue weighted by atomic mass is 16.5. The molecule has 0 aromatic heterocycles. The molecule has 0 heterocycles. The Hall–Kier alpha value is -2.46. The van der Waals surface area contributed by atoms with E-state index in [1.165, 1.54) is 11.1 Å². The molecular weight excluding hydrogens is 334 g/mol. The van der Waals surface area contributed by atoms with Gasteiger partial charge in [-0.25, -0.2) is 0 Å². The number of hydrogen-bond acceptors (Lipinski definition) is 3. The maximum Gasteiger partial charge on any atom is 0.0717 e. The van der Waals surface area contributed by atoms with Crippen LogP contribution in [0, 0.1) is 0 Å². The van der Waals surface area contributed by atoms with Gasteiger partial charge in [0.05, 0.1) is 25.9 Å². The second kappa shape index (κ2) is 10.6. The fraction of sp³-hybridized carbons (Fsp3) is 0.250. The molecule has 0 unspecified atom stereocenters. The van der Waals surface area contributed by atoms with Crippen molar-refractivity contribution in [2.24, 2.45) is 0 Å². The van der Waals surface area contributed by atoms with Crippen molar-refractivity contribution >= 4 is 0 Å². The number of ether oxygens (including phenoxy) is 1. The monoisotopic (exact) mass is 361 g/mol. The van der Waals surface area contributed by atoms with Crippen LogP contribution in [0.25, 0.3) is 0 Å². The third-order valence-corrected chi connectivity index (χ3v) is 4.61. The number of nitrogens with zero attached hydrogens (tertiary/aromatic N) is 1. The van der Waals surface area contributed by atoms with Crippen LogP contribution in [0.3, 0.4) is 0 Å². The van der Waals surface area contributed by atoms with Gasteiger partial charge in [-0.1, -0.05) is 91.0 Å². The van der Waals surface area contributed by atoms with E-state index in [0.29, 0.717) is 13.2 Å². The van der Waals surface area contributed by atoms with Gasteiger partial charge in [0, 0.05) is 13.1 Å². The summed E-state index contributed by atoms with van der Waals surface area (Å²) in [6.07, 6.45) is 0. The average molecular weight is 361 g/mol. The zero-order chi connectivity index (χ0) is 18.7. The Kier molecular flexibility index (Phi) is 7.60. The molecule has 0 amide bonds. The minimum Gasteiger partial charge on any atom is -0.395 e. The third-order valence-electron chi connectivity index (χ3n) is 4.61. The summed E-state index contributed by atoms with van der Waals surface area (Å²) >= 11 is 0. The van der Waals surface area contributed by atoms with Crippen molar-refractivity contribution in [2.45, 2.75) is 25.7 Å². The first-order valence-electron chi connectivity index (χ1n) is 9.39. The van der Waals surface area contributed by atoms with E-state index in [1.807, 2.05) is 30.3 Å². The molecule has 0 aliphatic rings. The van der Waals surface area contributed by atoms with Gasteiger partial charge in [0.2, 0.25) is 0 Å². The second-order valence-electron chi connectivity index (χ2n) is 6.71. The van der Waals surface area contributed by atoms with E-state index in [2.05, 4.69) is 65.6 Å². The molecular formula is C24H27NO2. The normalized spacial score (nSPS) is 12.2. The van der Waals surface area contributed by atoms with Gasteiger partial charge in [0.1, 0.15) is 0 Å². The number of aliphatic hydroxyl groups excluding tert-OH is 1. The summed E-state index contributed by atoms with van der Waals surface area (Å²) < 4.78 is 5.93. The Balaban J connectivity index is 1.66. The van der Waals surface area contributed by atoms with Crippen molar-refractivity contribution in [3.05, 3.63) is 108 Å². The molecule has 140 valence electrons. The van der Waals surface area contributed by atoms with Gasteiger partial charge < -0.3 is 9.84 Å². The van der Waals surface area contributed by atoms with Crippen molar-refractivity contribution in [1.82, 2.24) is 4.90 Å². The lowest BCUT2D eigenvalue weighted by Crippen LogP contribution is -2.40. The Labute approximate surface area is 161 Å². The summed E-state index contributed by atoms with van der Waals surface area (Å²) in [6, 6.07) is 30.8. The quantitative estimate of drug-likeness (QED) is 0.585. The van der Waals surface area contributed by atoms with Crippen LogP contribution in [-0.4, -0.2) is 29.3 Å². The SMILES string of the molecule is OC[C@H](COCc1ccccc1)N(Cc1ccccc1)Cc1ccccc1. The first-order valence-corrected chi connectivity index (χ1v) is 9.39. The molecule has 3 nitrogen and oxygen atoms in total. The molecule has 0 aliphatic carbocycles. The van der Waals surface area contributed by atoms with E-state index in [-0.39, 0.29) is 12.6 Å². The fourth-order valence-electron chi connectivity index (χ4n) is 3.11. The largest absolute Gasteiger partial charge is 0.395 e. The minimum atomic E-state index is -0.0610. The van der Waals surface area contributed by atoms with Crippen LogP contribution in [0.5, 0.6) is 0 Å². The zero-order valence-corrected chi connectivity index (χ0v) is 15.6. The van der Waals surface area contributed by atoms with E-state index in [9.17, 15) is 5.11 Å². The molecule has 0 aliphatic heterocycles. The summed E-state index contributed by atoms with van der Waals surface area (Å²) in [7, 11) is 0. The maximum absolute atomic E-state index is 10.0. The van der Waals surface area contributed by atoms with Gasteiger partial charge in [0.15, 0.2) is 0 Å². The topological polar surface area (TPSA) is 32.7 Å². The lowest BCUT2D eigenvalue weighted by molar-refractivity contribution is 0.0168. The summed E-state index contributed by atoms with van der Waals surface area (Å²) in [5.41, 5.74) is 3.61. The number of rotatable bonds is 10. The summed E-state index contributed by atoms with van der Waals surface area (Å²) in [6.45, 7) is 2.66. The molecule has 0 saturated heterocycles. The lowest BCUT2D eigenvalue weighted by Gasteiger charge is -2.30. The number of hydrogen-bond donors (Lipinski definition) is 1. The van der Waals surface area contributed by atoms with Crippen LogP contribution in [0.1, 0.15) is 16.7 Å². The summed E-state index contributed by atoms with van der Waals surface area (Å²) in [5, 5.41) is 10.0. The van der Waals surface area contributed by atoms with E-state index >= 15 is 0 Å². The minimum absolute atomic E-state index is 0.0610. The molecule has 3 rings (SSSR count). The molecule has 0 radical (unpaired) electrons. The molecule has 0 bridgehead atoms. The van der Waals surface area contributed by atoms with Gasteiger partial charge in [-0.15, -0.1) is 0 Å². The van der Waals surface area contributed by atoms with Gasteiger partial charge >= 0.3 is 0 Å². The highest BCUT2D eigenvalue weighted by Crippen LogP contribution is 2.14. The van der Waals surface area contributed by atoms with E-state index in [0.717, 1.165) is 18.7 Å². The fourth-order valence-corrected chi connectivity index (χ4v) is 3.11. The molecule has 27 heavy (non-hydrogen) atoms. The van der Waals surface area contributed by atoms with E-state index < -0.39 is 0 Å². The standard InChI is InChI=1S/C24H27NO2/c26-18-24(20-27-19-23-14-8-3-9-15-23)25(16-21-10-4-1-5-11-21)17-22-12-6-2-7-13-22/h1-15,24,26H,16-20H2/t24-/m1/s1. The zero-order valence-electron chi connectivity index (χ0n) is 15.6. The van der Waals surface area contributed by atoms with Crippen molar-refractivity contribution < 1.29 is 9.84 Å². The highest BCUT2D eigenvalue weighted by Gasteiger charge is 2.19. The van der Waals surface area contributed by atoms with Crippen LogP contribution < -0.4 is 0 Å². The predicted octanol–water partition coefficient (Wildman–Crippen LogP) is 4.27. The van der Waals surface area contributed by atoms with Crippen molar-refractivity contribution in [3.8, 4) is 0 Å². The maximum atomic E-state index is 10.0. The van der Waals surface area contributed by atoms with Crippen LogP contribution >= 0.6 is 0 Å². The van der Waals surface area contributed by atoms with Crippen LogP contribution in [0.15, 0.2) is 91.0 Å². The molecule has 3 heteroatoms. The summed E-state index contributed by atoms with van der Waals surface area (Å²) in [5.74, 6) is 0. The van der Waals surface area contributed by atoms with Gasteiger partial charge in [-0.2, -0.15) is 0 Å². The molecule has 0 spiro atoms. The van der Waals surface area contributed by atoms with E-state index in [1.54, 1.807) is 0 Å². The smallest absolute Gasteiger partial charge is 0.0717 e. The van der Waals surface area contributed by atoms with Crippen LogP contribution in [0.2, 0.25) is 0 Å². The van der Waals surface area contributed by atoms with Crippen LogP contribution in [-0.2, 0) is 24.4 Å². The van der Waals surface area contributed by atoms with Gasteiger partial charge in [-0.05, 0) is 16.7 Å². The van der Waals surface area contributed by atoms with Gasteiger partial charge in [0.25, 0.3) is 0 Å². The molecule has 1 N–H and O–H groups in total. The third kappa shape index (κ3) is 6.33. The molecule has 0 fully saturated rings. The first-order chi connectivity index (χ1) is 13.3. The Morgan fingerprint density at radius 2 is 1.11 bits per heavy atom. The molecule has 1 atom stereocenters. The van der Waals surface area contributed by atoms with Crippen molar-refractivity contribution in [3.63, 3.8) is 0 Å². The Morgan fingerprint density at radius 3 is 1.56 bits per heavy atom. The molecule has 3 aromatic rings. The van der Waals surface area contributed by atoms with Crippen molar-refractivity contribution in [1.29, 1.82) is 0 Å². The number of aliphatic hydroxyl groups is 1. The number of benzene rings is 3. The predicted molar refractivity (Wildman–Crippen MR) is 109 cm³/mol. The molecule has 3 aromatic carbocycles.